The van der Waals surface area contributed by atoms with Gasteiger partial charge in [-0.1, -0.05) is 48.5 Å². The zero-order chi connectivity index (χ0) is 27.7. The molecule has 8 heteroatoms. The molecule has 0 bridgehead atoms. The summed E-state index contributed by atoms with van der Waals surface area (Å²) in [7, 11) is 0. The number of rotatable bonds is 12. The van der Waals surface area contributed by atoms with E-state index in [2.05, 4.69) is 41.7 Å². The zero-order valence-corrected chi connectivity index (χ0v) is 23.4. The maximum Gasteiger partial charge on any atom is 0.410 e. The maximum atomic E-state index is 13.4. The highest BCUT2D eigenvalue weighted by Crippen LogP contribution is 2.44. The average molecular weight is 539 g/mol. The lowest BCUT2D eigenvalue weighted by atomic mass is 9.98. The number of nitrogens with one attached hydrogen (secondary N) is 1. The fraction of sp³-hybridized carbons (Fsp3) is 0.548. The van der Waals surface area contributed by atoms with Gasteiger partial charge in [0, 0.05) is 18.5 Å². The van der Waals surface area contributed by atoms with Crippen LogP contribution in [0, 0.1) is 0 Å². The molecule has 1 heterocycles. The molecule has 1 N–H and O–H groups in total. The van der Waals surface area contributed by atoms with Crippen molar-refractivity contribution >= 4 is 12.1 Å². The van der Waals surface area contributed by atoms with Crippen molar-refractivity contribution in [3.05, 3.63) is 59.7 Å². The lowest BCUT2D eigenvalue weighted by Gasteiger charge is -2.34. The van der Waals surface area contributed by atoms with Crippen LogP contribution in [-0.2, 0) is 23.7 Å². The lowest BCUT2D eigenvalue weighted by Crippen LogP contribution is -2.48. The van der Waals surface area contributed by atoms with E-state index in [4.69, 9.17) is 18.9 Å². The van der Waals surface area contributed by atoms with E-state index in [9.17, 15) is 9.59 Å². The van der Waals surface area contributed by atoms with E-state index in [1.165, 1.54) is 22.3 Å². The maximum absolute atomic E-state index is 13.4. The summed E-state index contributed by atoms with van der Waals surface area (Å²) in [6.45, 7) is 9.50. The summed E-state index contributed by atoms with van der Waals surface area (Å²) >= 11 is 0. The van der Waals surface area contributed by atoms with Crippen molar-refractivity contribution in [1.29, 1.82) is 0 Å². The molecular weight excluding hydrogens is 496 g/mol. The summed E-state index contributed by atoms with van der Waals surface area (Å²) in [5, 5.41) is 3.36. The van der Waals surface area contributed by atoms with Gasteiger partial charge in [-0.15, -0.1) is 0 Å². The number of carbonyl (C=O) groups excluding carboxylic acids is 2. The molecule has 8 nitrogen and oxygen atoms in total. The predicted octanol–water partition coefficient (Wildman–Crippen LogP) is 4.75. The second-order valence-electron chi connectivity index (χ2n) is 11.0. The van der Waals surface area contributed by atoms with Gasteiger partial charge in [-0.2, -0.15) is 0 Å². The summed E-state index contributed by atoms with van der Waals surface area (Å²) in [5.41, 5.74) is 4.34. The number of esters is 1. The van der Waals surface area contributed by atoms with E-state index in [-0.39, 0.29) is 30.4 Å². The molecule has 0 atom stereocenters. The van der Waals surface area contributed by atoms with E-state index >= 15 is 0 Å². The molecule has 0 aromatic heterocycles. The fourth-order valence-corrected chi connectivity index (χ4v) is 5.25. The van der Waals surface area contributed by atoms with Crippen molar-refractivity contribution in [2.45, 2.75) is 57.6 Å². The van der Waals surface area contributed by atoms with Gasteiger partial charge in [0.15, 0.2) is 0 Å². The van der Waals surface area contributed by atoms with Crippen LogP contribution in [0.5, 0.6) is 0 Å². The molecule has 0 unspecified atom stereocenters. The van der Waals surface area contributed by atoms with Crippen LogP contribution < -0.4 is 5.32 Å². The number of hydrogen-bond donors (Lipinski definition) is 1. The molecule has 212 valence electrons. The van der Waals surface area contributed by atoms with Gasteiger partial charge in [0.1, 0.15) is 12.2 Å². The molecule has 2 aromatic carbocycles. The van der Waals surface area contributed by atoms with Crippen LogP contribution in [0.3, 0.4) is 0 Å². The first-order valence-corrected chi connectivity index (χ1v) is 14.0. The molecule has 4 rings (SSSR count). The van der Waals surface area contributed by atoms with Gasteiger partial charge < -0.3 is 29.2 Å². The first-order valence-electron chi connectivity index (χ1n) is 14.0. The van der Waals surface area contributed by atoms with Gasteiger partial charge in [-0.25, -0.2) is 4.79 Å². The molecule has 0 saturated carbocycles. The Hall–Kier alpha value is -2.94. The van der Waals surface area contributed by atoms with Crippen LogP contribution in [0.1, 0.15) is 57.1 Å². The number of amides is 1. The molecule has 0 spiro atoms. The van der Waals surface area contributed by atoms with Gasteiger partial charge >= 0.3 is 12.1 Å². The Morgan fingerprint density at radius 3 is 2.08 bits per heavy atom. The van der Waals surface area contributed by atoms with E-state index in [1.54, 1.807) is 0 Å². The van der Waals surface area contributed by atoms with Gasteiger partial charge in [-0.3, -0.25) is 4.79 Å². The predicted molar refractivity (Wildman–Crippen MR) is 150 cm³/mol. The molecule has 2 aromatic rings. The standard InChI is InChI=1S/C31H42N2O6/c1-31(2,3)39-29(34)14-18-36-20-21-37-19-17-33(23-12-15-32-16-13-23)30(35)38-22-28-26-10-6-4-8-24(26)25-9-5-7-11-27(25)28/h4-11,23,28,32H,12-22H2,1-3H3. The number of carbonyl (C=O) groups is 2. The minimum absolute atomic E-state index is 0.0327. The van der Waals surface area contributed by atoms with Crippen LogP contribution >= 0.6 is 0 Å². The molecule has 39 heavy (non-hydrogen) atoms. The highest BCUT2D eigenvalue weighted by molar-refractivity contribution is 5.79. The first kappa shape index (κ1) is 29.1. The van der Waals surface area contributed by atoms with E-state index in [0.29, 0.717) is 39.6 Å². The minimum atomic E-state index is -0.492. The Kier molecular flexibility index (Phi) is 10.4. The van der Waals surface area contributed by atoms with Crippen molar-refractivity contribution in [2.24, 2.45) is 0 Å². The Morgan fingerprint density at radius 1 is 0.872 bits per heavy atom. The third-order valence-electron chi connectivity index (χ3n) is 7.04. The molecule has 1 aliphatic carbocycles. The third-order valence-corrected chi connectivity index (χ3v) is 7.04. The fourth-order valence-electron chi connectivity index (χ4n) is 5.25. The molecule has 1 amide bonds. The Balaban J connectivity index is 1.24. The van der Waals surface area contributed by atoms with Crippen molar-refractivity contribution in [3.8, 4) is 11.1 Å². The average Bonchev–Trinajstić information content (AvgIpc) is 3.24. The number of ether oxygens (including phenoxy) is 4. The zero-order valence-electron chi connectivity index (χ0n) is 23.4. The smallest absolute Gasteiger partial charge is 0.410 e. The van der Waals surface area contributed by atoms with Crippen LogP contribution in [0.2, 0.25) is 0 Å². The Morgan fingerprint density at radius 2 is 1.46 bits per heavy atom. The van der Waals surface area contributed by atoms with Crippen LogP contribution in [0.25, 0.3) is 11.1 Å². The molecule has 1 aliphatic heterocycles. The van der Waals surface area contributed by atoms with Gasteiger partial charge in [0.05, 0.1) is 32.8 Å². The second kappa shape index (κ2) is 13.9. The highest BCUT2D eigenvalue weighted by Gasteiger charge is 2.31. The van der Waals surface area contributed by atoms with E-state index in [1.807, 2.05) is 37.8 Å². The van der Waals surface area contributed by atoms with Crippen molar-refractivity contribution in [3.63, 3.8) is 0 Å². The summed E-state index contributed by atoms with van der Waals surface area (Å²) < 4.78 is 22.5. The molecule has 1 saturated heterocycles. The summed E-state index contributed by atoms with van der Waals surface area (Å²) in [6, 6.07) is 16.8. The highest BCUT2D eigenvalue weighted by atomic mass is 16.6. The van der Waals surface area contributed by atoms with Crippen molar-refractivity contribution < 1.29 is 28.5 Å². The number of piperidine rings is 1. The van der Waals surface area contributed by atoms with Crippen LogP contribution in [-0.4, -0.2) is 81.3 Å². The first-order chi connectivity index (χ1) is 18.8. The number of benzene rings is 2. The number of nitrogens with zero attached hydrogens (tertiary/aromatic N) is 1. The van der Waals surface area contributed by atoms with E-state index < -0.39 is 5.60 Å². The normalized spacial score (nSPS) is 15.5. The summed E-state index contributed by atoms with van der Waals surface area (Å²) in [6.07, 6.45) is 1.69. The van der Waals surface area contributed by atoms with Gasteiger partial charge in [0.2, 0.25) is 0 Å². The lowest BCUT2D eigenvalue weighted by molar-refractivity contribution is -0.156. The van der Waals surface area contributed by atoms with Crippen molar-refractivity contribution in [2.75, 3.05) is 52.7 Å². The van der Waals surface area contributed by atoms with Crippen LogP contribution in [0.4, 0.5) is 4.79 Å². The van der Waals surface area contributed by atoms with E-state index in [0.717, 1.165) is 25.9 Å². The molecule has 1 fully saturated rings. The number of hydrogen-bond acceptors (Lipinski definition) is 7. The van der Waals surface area contributed by atoms with Crippen molar-refractivity contribution in [1.82, 2.24) is 10.2 Å². The Bertz CT molecular complexity index is 1050. The topological polar surface area (TPSA) is 86.3 Å². The second-order valence-corrected chi connectivity index (χ2v) is 11.0. The van der Waals surface area contributed by atoms with Gasteiger partial charge in [-0.05, 0) is 69.0 Å². The molecule has 2 aliphatic rings. The third kappa shape index (κ3) is 8.27. The van der Waals surface area contributed by atoms with Crippen LogP contribution in [0.15, 0.2) is 48.5 Å². The quantitative estimate of drug-likeness (QED) is 0.308. The summed E-state index contributed by atoms with van der Waals surface area (Å²) in [5.74, 6) is -0.241. The monoisotopic (exact) mass is 538 g/mol. The Labute approximate surface area is 231 Å². The number of fused-ring (bicyclic) bond motifs is 3. The van der Waals surface area contributed by atoms with Gasteiger partial charge in [0.25, 0.3) is 0 Å². The molecular formula is C31H42N2O6. The minimum Gasteiger partial charge on any atom is -0.460 e. The largest absolute Gasteiger partial charge is 0.460 e. The SMILES string of the molecule is CC(C)(C)OC(=O)CCOCCOCCN(C(=O)OCC1c2ccccc2-c2ccccc21)C1CCNCC1. The molecule has 0 radical (unpaired) electrons. The summed E-state index contributed by atoms with van der Waals surface area (Å²) in [4.78, 5) is 26.9.